The van der Waals surface area contributed by atoms with Crippen LogP contribution in [0.1, 0.15) is 37.8 Å². The molecule has 3 rings (SSSR count). The second-order valence-corrected chi connectivity index (χ2v) is 7.85. The third-order valence-corrected chi connectivity index (χ3v) is 5.58. The lowest BCUT2D eigenvalue weighted by Gasteiger charge is -2.31. The van der Waals surface area contributed by atoms with Crippen LogP contribution in [0.4, 0.5) is 4.79 Å². The second-order valence-electron chi connectivity index (χ2n) is 7.85. The first-order valence-corrected chi connectivity index (χ1v) is 10.3. The largest absolute Gasteiger partial charge is 0.464 e. The number of nitrogens with zero attached hydrogens (tertiary/aromatic N) is 1. The van der Waals surface area contributed by atoms with Gasteiger partial charge in [0.2, 0.25) is 0 Å². The highest BCUT2D eigenvalue weighted by Crippen LogP contribution is 2.44. The summed E-state index contributed by atoms with van der Waals surface area (Å²) in [5.74, 6) is -0.955. The van der Waals surface area contributed by atoms with Gasteiger partial charge in [-0.2, -0.15) is 0 Å². The Hall–Kier alpha value is -2.86. The van der Waals surface area contributed by atoms with Crippen molar-refractivity contribution in [3.8, 4) is 11.1 Å². The van der Waals surface area contributed by atoms with E-state index in [-0.39, 0.29) is 25.0 Å². The number of hydrogen-bond donors (Lipinski definition) is 1. The summed E-state index contributed by atoms with van der Waals surface area (Å²) in [4.78, 5) is 26.3. The Kier molecular flexibility index (Phi) is 6.77. The minimum absolute atomic E-state index is 0.0779. The minimum atomic E-state index is -1.12. The Morgan fingerprint density at radius 2 is 1.53 bits per heavy atom. The number of likely N-dealkylation sites (N-methyl/N-ethyl adjacent to an activating group) is 1. The molecule has 2 atom stereocenters. The molecule has 0 radical (unpaired) electrons. The number of aliphatic hydroxyl groups is 1. The molecule has 0 aromatic heterocycles. The molecule has 1 amide bonds. The van der Waals surface area contributed by atoms with Crippen molar-refractivity contribution in [3.63, 3.8) is 0 Å². The van der Waals surface area contributed by atoms with Crippen molar-refractivity contribution < 1.29 is 24.2 Å². The van der Waals surface area contributed by atoms with E-state index in [0.29, 0.717) is 0 Å². The van der Waals surface area contributed by atoms with Gasteiger partial charge < -0.3 is 14.6 Å². The van der Waals surface area contributed by atoms with Crippen molar-refractivity contribution in [1.29, 1.82) is 0 Å². The van der Waals surface area contributed by atoms with Gasteiger partial charge in [-0.05, 0) is 35.1 Å². The number of esters is 1. The summed E-state index contributed by atoms with van der Waals surface area (Å²) in [6.45, 7) is 5.55. The van der Waals surface area contributed by atoms with Gasteiger partial charge in [0.1, 0.15) is 6.61 Å². The molecule has 0 unspecified atom stereocenters. The van der Waals surface area contributed by atoms with Crippen molar-refractivity contribution in [2.24, 2.45) is 5.92 Å². The van der Waals surface area contributed by atoms with E-state index < -0.39 is 24.2 Å². The van der Waals surface area contributed by atoms with E-state index in [1.54, 1.807) is 20.8 Å². The fourth-order valence-corrected chi connectivity index (χ4v) is 3.93. The Morgan fingerprint density at radius 1 is 1.00 bits per heavy atom. The molecule has 2 aromatic carbocycles. The second kappa shape index (κ2) is 9.30. The molecule has 0 spiro atoms. The molecule has 1 aliphatic carbocycles. The van der Waals surface area contributed by atoms with Crippen LogP contribution in [0.3, 0.4) is 0 Å². The molecular weight excluding hydrogens is 382 g/mol. The van der Waals surface area contributed by atoms with Crippen LogP contribution in [0.5, 0.6) is 0 Å². The monoisotopic (exact) mass is 411 g/mol. The highest BCUT2D eigenvalue weighted by Gasteiger charge is 2.38. The maximum atomic E-state index is 12.8. The zero-order chi connectivity index (χ0) is 21.8. The van der Waals surface area contributed by atoms with Gasteiger partial charge in [0.05, 0.1) is 12.7 Å². The summed E-state index contributed by atoms with van der Waals surface area (Å²) < 4.78 is 10.7. The van der Waals surface area contributed by atoms with Gasteiger partial charge >= 0.3 is 12.1 Å². The Bertz CT molecular complexity index is 864. The molecule has 0 saturated heterocycles. The summed E-state index contributed by atoms with van der Waals surface area (Å²) in [6, 6.07) is 15.0. The van der Waals surface area contributed by atoms with E-state index >= 15 is 0 Å². The summed E-state index contributed by atoms with van der Waals surface area (Å²) in [5.41, 5.74) is 4.50. The number of fused-ring (bicyclic) bond motifs is 3. The molecule has 0 saturated carbocycles. The van der Waals surface area contributed by atoms with Crippen LogP contribution in [0.15, 0.2) is 48.5 Å². The molecule has 0 heterocycles. The van der Waals surface area contributed by atoms with Crippen LogP contribution >= 0.6 is 0 Å². The van der Waals surface area contributed by atoms with E-state index in [9.17, 15) is 14.7 Å². The number of rotatable bonds is 7. The average molecular weight is 411 g/mol. The number of benzene rings is 2. The SMILES string of the molecule is CCOC(=O)[C@H]([C@@H](O)C(C)C)N(C)C(=O)OCC1c2ccccc2-c2ccccc21. The van der Waals surface area contributed by atoms with Gasteiger partial charge in [-0.15, -0.1) is 0 Å². The lowest BCUT2D eigenvalue weighted by molar-refractivity contribution is -0.154. The molecule has 160 valence electrons. The number of carbonyl (C=O) groups is 2. The van der Waals surface area contributed by atoms with Crippen LogP contribution in [0.25, 0.3) is 11.1 Å². The topological polar surface area (TPSA) is 76.1 Å². The molecule has 6 heteroatoms. The predicted octanol–water partition coefficient (Wildman–Crippen LogP) is 3.82. The van der Waals surface area contributed by atoms with Crippen LogP contribution < -0.4 is 0 Å². The molecule has 1 aliphatic rings. The van der Waals surface area contributed by atoms with Crippen molar-refractivity contribution >= 4 is 12.1 Å². The highest BCUT2D eigenvalue weighted by atomic mass is 16.6. The smallest absolute Gasteiger partial charge is 0.410 e. The van der Waals surface area contributed by atoms with Crippen LogP contribution in [0.2, 0.25) is 0 Å². The lowest BCUT2D eigenvalue weighted by Crippen LogP contribution is -2.52. The van der Waals surface area contributed by atoms with E-state index in [0.717, 1.165) is 27.2 Å². The maximum absolute atomic E-state index is 12.8. The molecule has 0 aliphatic heterocycles. The van der Waals surface area contributed by atoms with Gasteiger partial charge in [0, 0.05) is 13.0 Å². The first-order valence-electron chi connectivity index (χ1n) is 10.3. The summed E-state index contributed by atoms with van der Waals surface area (Å²) in [6.07, 6.45) is -1.73. The molecule has 1 N–H and O–H groups in total. The lowest BCUT2D eigenvalue weighted by atomic mass is 9.98. The minimum Gasteiger partial charge on any atom is -0.464 e. The predicted molar refractivity (Wildman–Crippen MR) is 114 cm³/mol. The standard InChI is InChI=1S/C24H29NO5/c1-5-29-23(27)21(22(26)15(2)3)25(4)24(28)30-14-20-18-12-8-6-10-16(18)17-11-7-9-13-19(17)20/h6-13,15,20-22,26H,5,14H2,1-4H3/t21-,22-/m0/s1. The Balaban J connectivity index is 1.76. The third-order valence-electron chi connectivity index (χ3n) is 5.58. The first kappa shape index (κ1) is 21.8. The molecule has 0 bridgehead atoms. The fraction of sp³-hybridized carbons (Fsp3) is 0.417. The Labute approximate surface area is 177 Å². The van der Waals surface area contributed by atoms with Gasteiger partial charge in [-0.25, -0.2) is 9.59 Å². The first-order chi connectivity index (χ1) is 14.4. The van der Waals surface area contributed by atoms with Crippen LogP contribution in [0, 0.1) is 5.92 Å². The van der Waals surface area contributed by atoms with E-state index in [4.69, 9.17) is 9.47 Å². The Morgan fingerprint density at radius 3 is 2.03 bits per heavy atom. The molecule has 6 nitrogen and oxygen atoms in total. The highest BCUT2D eigenvalue weighted by molar-refractivity contribution is 5.82. The molecule has 2 aromatic rings. The molecular formula is C24H29NO5. The van der Waals surface area contributed by atoms with Gasteiger partial charge in [-0.1, -0.05) is 62.4 Å². The summed E-state index contributed by atoms with van der Waals surface area (Å²) in [7, 11) is 1.45. The van der Waals surface area contributed by atoms with Crippen molar-refractivity contribution in [2.75, 3.05) is 20.3 Å². The maximum Gasteiger partial charge on any atom is 0.410 e. The van der Waals surface area contributed by atoms with Gasteiger partial charge in [0.15, 0.2) is 6.04 Å². The fourth-order valence-electron chi connectivity index (χ4n) is 3.93. The van der Waals surface area contributed by atoms with Crippen LogP contribution in [-0.4, -0.2) is 54.5 Å². The normalized spacial score (nSPS) is 14.6. The number of hydrogen-bond acceptors (Lipinski definition) is 5. The average Bonchev–Trinajstić information content (AvgIpc) is 3.06. The van der Waals surface area contributed by atoms with Crippen molar-refractivity contribution in [1.82, 2.24) is 4.90 Å². The zero-order valence-corrected chi connectivity index (χ0v) is 17.9. The van der Waals surface area contributed by atoms with Crippen molar-refractivity contribution in [3.05, 3.63) is 59.7 Å². The summed E-state index contributed by atoms with van der Waals surface area (Å²) in [5, 5.41) is 10.5. The summed E-state index contributed by atoms with van der Waals surface area (Å²) >= 11 is 0. The number of amides is 1. The number of carbonyl (C=O) groups excluding carboxylic acids is 2. The quantitative estimate of drug-likeness (QED) is 0.701. The zero-order valence-electron chi connectivity index (χ0n) is 17.9. The van der Waals surface area contributed by atoms with Gasteiger partial charge in [0.25, 0.3) is 0 Å². The van der Waals surface area contributed by atoms with Crippen LogP contribution in [-0.2, 0) is 14.3 Å². The van der Waals surface area contributed by atoms with E-state index in [2.05, 4.69) is 12.1 Å². The van der Waals surface area contributed by atoms with E-state index in [1.807, 2.05) is 36.4 Å². The number of ether oxygens (including phenoxy) is 2. The van der Waals surface area contributed by atoms with Crippen molar-refractivity contribution in [2.45, 2.75) is 38.8 Å². The van der Waals surface area contributed by atoms with Gasteiger partial charge in [-0.3, -0.25) is 4.90 Å². The third kappa shape index (κ3) is 4.19. The number of aliphatic hydroxyl groups excluding tert-OH is 1. The molecule has 30 heavy (non-hydrogen) atoms. The van der Waals surface area contributed by atoms with E-state index in [1.165, 1.54) is 7.05 Å². The molecule has 0 fully saturated rings.